The van der Waals surface area contributed by atoms with E-state index in [0.717, 1.165) is 0 Å². The van der Waals surface area contributed by atoms with E-state index in [9.17, 15) is 0 Å². The summed E-state index contributed by atoms with van der Waals surface area (Å²) in [7, 11) is 2.01. The zero-order valence-corrected chi connectivity index (χ0v) is 5.20. The predicted octanol–water partition coefficient (Wildman–Crippen LogP) is 0.862. The summed E-state index contributed by atoms with van der Waals surface area (Å²) in [6, 6.07) is 0. The smallest absolute Gasteiger partial charge is 0.117 e. The molecule has 0 saturated carbocycles. The zero-order valence-electron chi connectivity index (χ0n) is 5.20. The van der Waals surface area contributed by atoms with Gasteiger partial charge in [0.05, 0.1) is 0 Å². The van der Waals surface area contributed by atoms with Crippen LogP contribution in [0.4, 0.5) is 0 Å². The second-order valence-corrected chi connectivity index (χ2v) is 1.94. The third kappa shape index (κ3) is 0.886. The van der Waals surface area contributed by atoms with E-state index in [1.165, 1.54) is 0 Å². The highest BCUT2D eigenvalue weighted by Gasteiger charge is 2.01. The van der Waals surface area contributed by atoms with E-state index in [-0.39, 0.29) is 0 Å². The first-order valence-electron chi connectivity index (χ1n) is 2.72. The number of nitrogens with zero attached hydrogens (tertiary/aromatic N) is 2. The minimum absolute atomic E-state index is 0.319. The molecule has 0 aliphatic carbocycles. The highest BCUT2D eigenvalue weighted by atomic mass is 15.2. The molecule has 1 unspecified atom stereocenters. The number of aliphatic imine (C=N–C) groups is 1. The molecule has 0 radical (unpaired) electrons. The van der Waals surface area contributed by atoms with E-state index in [1.807, 2.05) is 25.5 Å². The van der Waals surface area contributed by atoms with Crippen LogP contribution in [0.2, 0.25) is 0 Å². The molecule has 2 heteroatoms. The third-order valence-corrected chi connectivity index (χ3v) is 1.30. The Morgan fingerprint density at radius 2 is 2.38 bits per heavy atom. The first kappa shape index (κ1) is 5.35. The molecule has 0 aromatic rings. The van der Waals surface area contributed by atoms with E-state index >= 15 is 0 Å². The average molecular weight is 110 g/mol. The van der Waals surface area contributed by atoms with Crippen LogP contribution in [-0.2, 0) is 0 Å². The van der Waals surface area contributed by atoms with Gasteiger partial charge < -0.3 is 4.90 Å². The fourth-order valence-electron chi connectivity index (χ4n) is 0.578. The summed E-state index contributed by atoms with van der Waals surface area (Å²) >= 11 is 0. The largest absolute Gasteiger partial charge is 0.359 e. The van der Waals surface area contributed by atoms with Gasteiger partial charge in [-0.05, 0) is 13.0 Å². The fraction of sp³-hybridized carbons (Fsp3) is 0.500. The Balaban J connectivity index is 2.59. The van der Waals surface area contributed by atoms with E-state index in [2.05, 4.69) is 16.8 Å². The van der Waals surface area contributed by atoms with Gasteiger partial charge in [-0.25, -0.2) is 0 Å². The van der Waals surface area contributed by atoms with Crippen molar-refractivity contribution in [2.45, 2.75) is 13.1 Å². The molecule has 2 nitrogen and oxygen atoms in total. The van der Waals surface area contributed by atoms with Crippen molar-refractivity contribution in [3.63, 3.8) is 0 Å². The monoisotopic (exact) mass is 110 g/mol. The topological polar surface area (TPSA) is 15.6 Å². The highest BCUT2D eigenvalue weighted by molar-refractivity contribution is 5.71. The first-order chi connectivity index (χ1) is 3.80. The molecule has 0 saturated heterocycles. The van der Waals surface area contributed by atoms with Crippen molar-refractivity contribution in [1.29, 1.82) is 0 Å². The van der Waals surface area contributed by atoms with Crippen molar-refractivity contribution in [2.75, 3.05) is 7.05 Å². The lowest BCUT2D eigenvalue weighted by Gasteiger charge is -2.20. The van der Waals surface area contributed by atoms with Crippen LogP contribution in [0, 0.1) is 0 Å². The van der Waals surface area contributed by atoms with Crippen molar-refractivity contribution in [2.24, 2.45) is 4.99 Å². The molecule has 1 heterocycles. The van der Waals surface area contributed by atoms with Gasteiger partial charge in [0.2, 0.25) is 0 Å². The summed E-state index contributed by atoms with van der Waals surface area (Å²) in [6.45, 7) is 2.06. The summed E-state index contributed by atoms with van der Waals surface area (Å²) in [6.07, 6.45) is 6.09. The Hall–Kier alpha value is -0.790. The van der Waals surface area contributed by atoms with E-state index in [1.54, 1.807) is 0 Å². The van der Waals surface area contributed by atoms with Crippen LogP contribution in [0.3, 0.4) is 0 Å². The van der Waals surface area contributed by atoms with Gasteiger partial charge >= 0.3 is 0 Å². The van der Waals surface area contributed by atoms with Gasteiger partial charge in [-0.2, -0.15) is 0 Å². The van der Waals surface area contributed by atoms with E-state index in [4.69, 9.17) is 0 Å². The molecule has 0 bridgehead atoms. The van der Waals surface area contributed by atoms with Crippen molar-refractivity contribution in [1.82, 2.24) is 4.90 Å². The summed E-state index contributed by atoms with van der Waals surface area (Å²) in [5.41, 5.74) is 0. The summed E-state index contributed by atoms with van der Waals surface area (Å²) in [5, 5.41) is 0. The summed E-state index contributed by atoms with van der Waals surface area (Å²) in [5.74, 6) is 0. The number of rotatable bonds is 0. The van der Waals surface area contributed by atoms with Gasteiger partial charge in [-0.1, -0.05) is 0 Å². The molecule has 0 amide bonds. The van der Waals surface area contributed by atoms with Gasteiger partial charge in [-0.3, -0.25) is 4.99 Å². The zero-order chi connectivity index (χ0) is 5.98. The van der Waals surface area contributed by atoms with Gasteiger partial charge in [0.15, 0.2) is 0 Å². The van der Waals surface area contributed by atoms with Gasteiger partial charge in [0.1, 0.15) is 6.17 Å². The number of allylic oxidation sites excluding steroid dienone is 1. The molecule has 1 atom stereocenters. The lowest BCUT2D eigenvalue weighted by Crippen LogP contribution is -2.23. The Morgan fingerprint density at radius 3 is 2.75 bits per heavy atom. The Kier molecular flexibility index (Phi) is 1.33. The molecule has 0 fully saturated rings. The molecule has 0 aromatic carbocycles. The minimum Gasteiger partial charge on any atom is -0.359 e. The van der Waals surface area contributed by atoms with Gasteiger partial charge in [0, 0.05) is 19.5 Å². The van der Waals surface area contributed by atoms with Gasteiger partial charge in [0.25, 0.3) is 0 Å². The van der Waals surface area contributed by atoms with Crippen LogP contribution in [-0.4, -0.2) is 24.3 Å². The van der Waals surface area contributed by atoms with Gasteiger partial charge in [-0.15, -0.1) is 0 Å². The molecule has 0 aromatic heterocycles. The molecule has 8 heavy (non-hydrogen) atoms. The Morgan fingerprint density at radius 1 is 1.62 bits per heavy atom. The first-order valence-corrected chi connectivity index (χ1v) is 2.72. The second-order valence-electron chi connectivity index (χ2n) is 1.94. The summed E-state index contributed by atoms with van der Waals surface area (Å²) < 4.78 is 0. The molecule has 0 N–H and O–H groups in total. The van der Waals surface area contributed by atoms with Crippen LogP contribution in [0.1, 0.15) is 6.92 Å². The lowest BCUT2D eigenvalue weighted by molar-refractivity contribution is 0.360. The molecule has 1 aliphatic heterocycles. The van der Waals surface area contributed by atoms with E-state index in [0.29, 0.717) is 6.17 Å². The number of hydrogen-bond donors (Lipinski definition) is 0. The summed E-state index contributed by atoms with van der Waals surface area (Å²) in [4.78, 5) is 6.18. The second kappa shape index (κ2) is 1.99. The standard InChI is InChI=1S/C6H10N2/c1-6-7-4-3-5-8(6)2/h3-6H,1-2H3. The molecule has 0 spiro atoms. The van der Waals surface area contributed by atoms with Crippen molar-refractivity contribution >= 4 is 6.21 Å². The molecular formula is C6H10N2. The quantitative estimate of drug-likeness (QED) is 0.451. The maximum absolute atomic E-state index is 4.12. The Labute approximate surface area is 49.5 Å². The lowest BCUT2D eigenvalue weighted by atomic mass is 10.4. The highest BCUT2D eigenvalue weighted by Crippen LogP contribution is 1.99. The van der Waals surface area contributed by atoms with Crippen LogP contribution < -0.4 is 0 Å². The average Bonchev–Trinajstić information content (AvgIpc) is 1.77. The van der Waals surface area contributed by atoms with Crippen LogP contribution in [0.25, 0.3) is 0 Å². The van der Waals surface area contributed by atoms with Crippen molar-refractivity contribution in [3.05, 3.63) is 12.3 Å². The number of hydrogen-bond acceptors (Lipinski definition) is 2. The normalized spacial score (nSPS) is 26.8. The third-order valence-electron chi connectivity index (χ3n) is 1.30. The molecule has 44 valence electrons. The van der Waals surface area contributed by atoms with Crippen molar-refractivity contribution < 1.29 is 0 Å². The SMILES string of the molecule is CC1N=CC=CN1C. The predicted molar refractivity (Wildman–Crippen MR) is 34.9 cm³/mol. The maximum Gasteiger partial charge on any atom is 0.117 e. The Bertz CT molecular complexity index is 110. The molecule has 1 rings (SSSR count). The molecule has 1 aliphatic rings. The van der Waals surface area contributed by atoms with Crippen LogP contribution in [0.5, 0.6) is 0 Å². The molecular weight excluding hydrogens is 100 g/mol. The van der Waals surface area contributed by atoms with Crippen LogP contribution in [0.15, 0.2) is 17.3 Å². The minimum atomic E-state index is 0.319. The maximum atomic E-state index is 4.12. The van der Waals surface area contributed by atoms with Crippen molar-refractivity contribution in [3.8, 4) is 0 Å². The van der Waals surface area contributed by atoms with E-state index < -0.39 is 0 Å². The fourth-order valence-corrected chi connectivity index (χ4v) is 0.578. The van der Waals surface area contributed by atoms with Crippen LogP contribution >= 0.6 is 0 Å².